The van der Waals surface area contributed by atoms with Crippen LogP contribution in [0, 0.1) is 25.2 Å². The summed E-state index contributed by atoms with van der Waals surface area (Å²) in [5, 5.41) is 8.29. The molecule has 0 unspecified atom stereocenters. The molecule has 0 atom stereocenters. The van der Waals surface area contributed by atoms with E-state index in [0.29, 0.717) is 0 Å². The molecule has 0 aliphatic carbocycles. The molecule has 25 heavy (non-hydrogen) atoms. The van der Waals surface area contributed by atoms with Crippen molar-refractivity contribution >= 4 is 33.4 Å². The van der Waals surface area contributed by atoms with Crippen molar-refractivity contribution in [2.24, 2.45) is 0 Å². The van der Waals surface area contributed by atoms with Gasteiger partial charge < -0.3 is 11.5 Å². The van der Waals surface area contributed by atoms with Crippen molar-refractivity contribution in [3.05, 3.63) is 63.6 Å². The maximum absolute atomic E-state index is 8.29. The van der Waals surface area contributed by atoms with E-state index in [2.05, 4.69) is 15.9 Å². The number of nitrogens with zero attached hydrogens (tertiary/aromatic N) is 1. The van der Waals surface area contributed by atoms with Gasteiger partial charge >= 0.3 is 0 Å². The molecule has 0 aromatic heterocycles. The molecule has 0 saturated heterocycles. The first-order chi connectivity index (χ1) is 10.9. The summed E-state index contributed by atoms with van der Waals surface area (Å²) >= 11 is 3.34. The Balaban J connectivity index is -0.000000336. The fourth-order valence-electron chi connectivity index (χ4n) is 1.58. The Morgan fingerprint density at radius 2 is 1.48 bits per heavy atom. The van der Waals surface area contributed by atoms with Crippen LogP contribution in [0.3, 0.4) is 0 Å². The van der Waals surface area contributed by atoms with E-state index in [0.717, 1.165) is 32.5 Å². The number of allylic oxidation sites excluding steroid dienone is 1. The largest absolute Gasteiger partial charge is 0.399 e. The molecule has 0 radical (unpaired) electrons. The number of halogens is 4. The molecule has 0 bridgehead atoms. The first-order valence-corrected chi connectivity index (χ1v) is 7.31. The Labute approximate surface area is 155 Å². The quantitative estimate of drug-likeness (QED) is 0.435. The van der Waals surface area contributed by atoms with Crippen molar-refractivity contribution in [1.82, 2.24) is 0 Å². The molecule has 0 amide bonds. The summed E-state index contributed by atoms with van der Waals surface area (Å²) in [6, 6.07) is 13.4. The Kier molecular flexibility index (Phi) is 16.5. The van der Waals surface area contributed by atoms with E-state index in [1.54, 1.807) is 6.08 Å². The number of anilines is 2. The third-order valence-electron chi connectivity index (χ3n) is 2.88. The highest BCUT2D eigenvalue weighted by Crippen LogP contribution is 2.16. The van der Waals surface area contributed by atoms with Crippen LogP contribution in [0.4, 0.5) is 25.2 Å². The van der Waals surface area contributed by atoms with Crippen LogP contribution in [0.15, 0.2) is 46.9 Å². The summed E-state index contributed by atoms with van der Waals surface area (Å²) in [6.07, 6.45) is 3.21. The lowest BCUT2D eigenvalue weighted by Crippen LogP contribution is -1.88. The Bertz CT molecular complexity index is 698. The number of nitriles is 1. The first-order valence-electron chi connectivity index (χ1n) is 6.52. The predicted molar refractivity (Wildman–Crippen MR) is 105 cm³/mol. The molecule has 2 rings (SSSR count). The molecule has 0 fully saturated rings. The number of hydrogen-bond acceptors (Lipinski definition) is 3. The summed E-state index contributed by atoms with van der Waals surface area (Å²) in [4.78, 5) is 0. The standard InChI is InChI=1S/C10H10N2.C7H8BrN.CH4.F2.FH/c1-8-7-9(3-2-6-11)4-5-10(8)12;1-5-4-6(8)2-3-7(5)9;;1-2;/h2-5,7H,12H2,1H3;2-4H,9H2,1H3;1H4;;1H/b3-2+;;;;. The van der Waals surface area contributed by atoms with Gasteiger partial charge in [-0.15, -0.1) is 0 Å². The van der Waals surface area contributed by atoms with Crippen molar-refractivity contribution in [3.8, 4) is 6.07 Å². The van der Waals surface area contributed by atoms with Crippen LogP contribution >= 0.6 is 15.9 Å². The Hall–Kier alpha value is -2.46. The molecule has 2 aromatic rings. The zero-order chi connectivity index (χ0) is 17.8. The summed E-state index contributed by atoms with van der Waals surface area (Å²) < 4.78 is 17.1. The molecular weight excluding hydrogens is 395 g/mol. The van der Waals surface area contributed by atoms with Crippen molar-refractivity contribution in [3.63, 3.8) is 0 Å². The topological polar surface area (TPSA) is 75.8 Å². The highest BCUT2D eigenvalue weighted by atomic mass is 79.9. The third-order valence-corrected chi connectivity index (χ3v) is 3.37. The van der Waals surface area contributed by atoms with Crippen molar-refractivity contribution in [2.45, 2.75) is 21.3 Å². The zero-order valence-corrected chi connectivity index (χ0v) is 14.8. The lowest BCUT2D eigenvalue weighted by atomic mass is 10.1. The van der Waals surface area contributed by atoms with Crippen LogP contribution in [0.2, 0.25) is 0 Å². The van der Waals surface area contributed by atoms with Gasteiger partial charge in [-0.05, 0) is 66.9 Å². The minimum Gasteiger partial charge on any atom is -0.399 e. The van der Waals surface area contributed by atoms with Gasteiger partial charge in [-0.25, -0.2) is 0 Å². The maximum atomic E-state index is 8.29. The monoisotopic (exact) mass is 417 g/mol. The van der Waals surface area contributed by atoms with Gasteiger partial charge in [0.1, 0.15) is 0 Å². The van der Waals surface area contributed by atoms with Crippen LogP contribution in [0.5, 0.6) is 0 Å². The van der Waals surface area contributed by atoms with Crippen LogP contribution < -0.4 is 11.5 Å². The molecule has 138 valence electrons. The van der Waals surface area contributed by atoms with E-state index < -0.39 is 0 Å². The van der Waals surface area contributed by atoms with Gasteiger partial charge in [-0.2, -0.15) is 5.26 Å². The van der Waals surface area contributed by atoms with Crippen LogP contribution in [-0.4, -0.2) is 0 Å². The molecular formula is C18H23BrF3N3. The highest BCUT2D eigenvalue weighted by molar-refractivity contribution is 9.10. The molecule has 2 aromatic carbocycles. The van der Waals surface area contributed by atoms with Gasteiger partial charge in [0.15, 0.2) is 0 Å². The minimum atomic E-state index is 0. The second kappa shape index (κ2) is 15.1. The molecule has 3 nitrogen and oxygen atoms in total. The average molecular weight is 418 g/mol. The van der Waals surface area contributed by atoms with Gasteiger partial charge in [0.2, 0.25) is 0 Å². The fourth-order valence-corrected chi connectivity index (χ4v) is 2.05. The van der Waals surface area contributed by atoms with E-state index in [1.807, 2.05) is 56.3 Å². The van der Waals surface area contributed by atoms with Crippen LogP contribution in [0.1, 0.15) is 24.1 Å². The third kappa shape index (κ3) is 10.8. The van der Waals surface area contributed by atoms with Gasteiger partial charge in [0.05, 0.1) is 6.07 Å². The number of hydrogen-bond donors (Lipinski definition) is 2. The minimum absolute atomic E-state index is 0. The van der Waals surface area contributed by atoms with Crippen LogP contribution in [-0.2, 0) is 0 Å². The lowest BCUT2D eigenvalue weighted by molar-refractivity contribution is 0.108. The van der Waals surface area contributed by atoms with Crippen molar-refractivity contribution < 1.29 is 13.9 Å². The van der Waals surface area contributed by atoms with Crippen LogP contribution in [0.25, 0.3) is 6.08 Å². The highest BCUT2D eigenvalue weighted by Gasteiger charge is 1.92. The SMILES string of the molecule is C.Cc1cc(/C=C/C#N)ccc1N.Cc1cc(Br)ccc1N.F.FF. The molecule has 0 spiro atoms. The van der Waals surface area contributed by atoms with E-state index in [1.165, 1.54) is 6.08 Å². The summed E-state index contributed by atoms with van der Waals surface area (Å²) in [7, 11) is 0. The molecule has 0 saturated carbocycles. The van der Waals surface area contributed by atoms with E-state index in [4.69, 9.17) is 25.9 Å². The smallest absolute Gasteiger partial charge is 0.0912 e. The predicted octanol–water partition coefficient (Wildman–Crippen LogP) is 6.08. The Morgan fingerprint density at radius 1 is 1.00 bits per heavy atom. The number of rotatable bonds is 1. The number of nitrogen functional groups attached to an aromatic ring is 2. The first kappa shape index (κ1) is 27.4. The normalized spacial score (nSPS) is 8.48. The number of aryl methyl sites for hydroxylation is 2. The Morgan fingerprint density at radius 3 is 1.88 bits per heavy atom. The van der Waals surface area contributed by atoms with E-state index in [-0.39, 0.29) is 12.1 Å². The summed E-state index contributed by atoms with van der Waals surface area (Å²) in [5.41, 5.74) is 16.0. The fraction of sp³-hybridized carbons (Fsp3) is 0.167. The summed E-state index contributed by atoms with van der Waals surface area (Å²) in [6.45, 7) is 3.93. The van der Waals surface area contributed by atoms with Gasteiger partial charge in [-0.3, -0.25) is 4.70 Å². The second-order valence-electron chi connectivity index (χ2n) is 4.58. The molecule has 0 heterocycles. The molecule has 4 N–H and O–H groups in total. The van der Waals surface area contributed by atoms with E-state index >= 15 is 0 Å². The number of benzene rings is 2. The average Bonchev–Trinajstić information content (AvgIpc) is 2.55. The zero-order valence-electron chi connectivity index (χ0n) is 13.3. The number of nitrogens with two attached hydrogens (primary N) is 2. The van der Waals surface area contributed by atoms with Gasteiger partial charge in [-0.1, -0.05) is 29.4 Å². The maximum Gasteiger partial charge on any atom is 0.0912 e. The van der Waals surface area contributed by atoms with Crippen molar-refractivity contribution in [2.75, 3.05) is 11.5 Å². The lowest BCUT2D eigenvalue weighted by Gasteiger charge is -1.99. The summed E-state index contributed by atoms with van der Waals surface area (Å²) in [5.74, 6) is 0. The second-order valence-corrected chi connectivity index (χ2v) is 5.50. The van der Waals surface area contributed by atoms with E-state index in [9.17, 15) is 0 Å². The van der Waals surface area contributed by atoms with Gasteiger partial charge in [0, 0.05) is 31.1 Å². The molecule has 7 heteroatoms. The van der Waals surface area contributed by atoms with Gasteiger partial charge in [0.25, 0.3) is 0 Å². The molecule has 0 aliphatic heterocycles. The molecule has 0 aliphatic rings. The van der Waals surface area contributed by atoms with Crippen molar-refractivity contribution in [1.29, 1.82) is 5.26 Å².